The highest BCUT2D eigenvalue weighted by molar-refractivity contribution is 7.90. The molecule has 1 aliphatic carbocycles. The molecule has 0 bridgehead atoms. The average molecular weight is 367 g/mol. The van der Waals surface area contributed by atoms with Crippen LogP contribution in [-0.2, 0) is 10.0 Å². The number of nitrogens with zero attached hydrogens (tertiary/aromatic N) is 2. The molecule has 130 valence electrons. The van der Waals surface area contributed by atoms with E-state index in [0.717, 1.165) is 25.7 Å². The van der Waals surface area contributed by atoms with Crippen molar-refractivity contribution in [3.8, 4) is 6.07 Å². The second-order valence-electron chi connectivity index (χ2n) is 6.43. The van der Waals surface area contributed by atoms with Crippen LogP contribution in [-0.4, -0.2) is 43.6 Å². The van der Waals surface area contributed by atoms with Crippen LogP contribution in [0.4, 0.5) is 0 Å². The molecule has 1 saturated carbocycles. The third kappa shape index (κ3) is 3.63. The van der Waals surface area contributed by atoms with E-state index in [1.807, 2.05) is 6.07 Å². The highest BCUT2D eigenvalue weighted by Gasteiger charge is 2.35. The van der Waals surface area contributed by atoms with Crippen LogP contribution in [0.3, 0.4) is 0 Å². The molecule has 1 atom stereocenters. The van der Waals surface area contributed by atoms with Crippen LogP contribution in [0.2, 0.25) is 0 Å². The monoisotopic (exact) mass is 367 g/mol. The van der Waals surface area contributed by atoms with E-state index >= 15 is 0 Å². The maximum Gasteiger partial charge on any atom is 0.265 e. The summed E-state index contributed by atoms with van der Waals surface area (Å²) in [6.07, 6.45) is 5.16. The number of nitrogens with one attached hydrogen (secondary N) is 1. The number of carbonyl (C=O) groups excluding carboxylic acids is 1. The predicted octanol–water partition coefficient (Wildman–Crippen LogP) is 2.09. The van der Waals surface area contributed by atoms with E-state index < -0.39 is 15.3 Å². The van der Waals surface area contributed by atoms with Gasteiger partial charge in [0.15, 0.2) is 0 Å². The van der Waals surface area contributed by atoms with Gasteiger partial charge in [0.25, 0.3) is 5.91 Å². The summed E-state index contributed by atoms with van der Waals surface area (Å²) in [7, 11) is -3.42. The van der Waals surface area contributed by atoms with E-state index in [9.17, 15) is 13.2 Å². The molecule has 0 unspecified atom stereocenters. The number of rotatable bonds is 4. The zero-order chi connectivity index (χ0) is 17.2. The summed E-state index contributed by atoms with van der Waals surface area (Å²) >= 11 is 1.23. The quantitative estimate of drug-likeness (QED) is 0.882. The molecule has 1 aromatic heterocycles. The van der Waals surface area contributed by atoms with Crippen LogP contribution < -0.4 is 4.72 Å². The smallest absolute Gasteiger partial charge is 0.265 e. The predicted molar refractivity (Wildman–Crippen MR) is 92.3 cm³/mol. The number of hydrogen-bond donors (Lipinski definition) is 1. The molecule has 2 aliphatic rings. The van der Waals surface area contributed by atoms with Gasteiger partial charge in [-0.3, -0.25) is 4.79 Å². The lowest BCUT2D eigenvalue weighted by molar-refractivity contribution is 0.0731. The van der Waals surface area contributed by atoms with Crippen LogP contribution in [0, 0.1) is 11.3 Å². The molecule has 2 fully saturated rings. The molecule has 0 spiro atoms. The van der Waals surface area contributed by atoms with Gasteiger partial charge >= 0.3 is 0 Å². The molecule has 3 rings (SSSR count). The first-order chi connectivity index (χ1) is 11.5. The van der Waals surface area contributed by atoms with Gasteiger partial charge in [0.05, 0.1) is 10.8 Å². The Hall–Kier alpha value is -1.43. The first kappa shape index (κ1) is 17.4. The van der Waals surface area contributed by atoms with Crippen molar-refractivity contribution in [1.82, 2.24) is 9.62 Å². The van der Waals surface area contributed by atoms with Gasteiger partial charge in [-0.1, -0.05) is 12.8 Å². The summed E-state index contributed by atoms with van der Waals surface area (Å²) in [5, 5.41) is 10.2. The standard InChI is InChI=1S/C16H21N3O3S2/c17-10-12-7-9-23-15(12)16(20)19-8-3-6-14(11-19)24(21,22)18-13-4-1-2-5-13/h7,9,13-14,18H,1-6,8,11H2/t14-/m1/s1. The van der Waals surface area contributed by atoms with E-state index in [2.05, 4.69) is 4.72 Å². The number of sulfonamides is 1. The third-order valence-electron chi connectivity index (χ3n) is 4.77. The van der Waals surface area contributed by atoms with Gasteiger partial charge in [-0.25, -0.2) is 13.1 Å². The van der Waals surface area contributed by atoms with Crippen LogP contribution in [0.15, 0.2) is 11.4 Å². The maximum absolute atomic E-state index is 12.6. The largest absolute Gasteiger partial charge is 0.337 e. The van der Waals surface area contributed by atoms with Gasteiger partial charge in [0.1, 0.15) is 10.9 Å². The third-order valence-corrected chi connectivity index (χ3v) is 7.60. The number of thiophene rings is 1. The van der Waals surface area contributed by atoms with E-state index in [1.165, 1.54) is 11.3 Å². The Balaban J connectivity index is 1.70. The Morgan fingerprint density at radius 3 is 2.75 bits per heavy atom. The lowest BCUT2D eigenvalue weighted by Gasteiger charge is -2.33. The van der Waals surface area contributed by atoms with Crippen molar-refractivity contribution in [2.45, 2.75) is 49.8 Å². The van der Waals surface area contributed by atoms with Crippen molar-refractivity contribution in [1.29, 1.82) is 5.26 Å². The molecule has 6 nitrogen and oxygen atoms in total. The van der Waals surface area contributed by atoms with Crippen molar-refractivity contribution in [3.05, 3.63) is 21.9 Å². The highest BCUT2D eigenvalue weighted by atomic mass is 32.2. The zero-order valence-corrected chi connectivity index (χ0v) is 15.0. The van der Waals surface area contributed by atoms with Crippen molar-refractivity contribution in [3.63, 3.8) is 0 Å². The van der Waals surface area contributed by atoms with Crippen LogP contribution in [0.5, 0.6) is 0 Å². The molecule has 1 amide bonds. The molecular weight excluding hydrogens is 346 g/mol. The maximum atomic E-state index is 12.6. The second kappa shape index (κ2) is 7.21. The van der Waals surface area contributed by atoms with Gasteiger partial charge < -0.3 is 4.90 Å². The summed E-state index contributed by atoms with van der Waals surface area (Å²) in [6.45, 7) is 0.737. The highest BCUT2D eigenvalue weighted by Crippen LogP contribution is 2.24. The van der Waals surface area contributed by atoms with Gasteiger partial charge in [-0.15, -0.1) is 11.3 Å². The average Bonchev–Trinajstić information content (AvgIpc) is 3.25. The summed E-state index contributed by atoms with van der Waals surface area (Å²) in [6, 6.07) is 3.69. The molecule has 24 heavy (non-hydrogen) atoms. The number of nitriles is 1. The van der Waals surface area contributed by atoms with Gasteiger partial charge in [-0.05, 0) is 37.1 Å². The fourth-order valence-electron chi connectivity index (χ4n) is 3.45. The van der Waals surface area contributed by atoms with Gasteiger partial charge in [0, 0.05) is 19.1 Å². The second-order valence-corrected chi connectivity index (χ2v) is 9.34. The lowest BCUT2D eigenvalue weighted by atomic mass is 10.1. The molecule has 0 radical (unpaired) electrons. The van der Waals surface area contributed by atoms with Crippen LogP contribution >= 0.6 is 11.3 Å². The summed E-state index contributed by atoms with van der Waals surface area (Å²) < 4.78 is 28.1. The minimum absolute atomic E-state index is 0.0450. The van der Waals surface area contributed by atoms with Crippen LogP contribution in [0.25, 0.3) is 0 Å². The van der Waals surface area contributed by atoms with Crippen molar-refractivity contribution >= 4 is 27.3 Å². The van der Waals surface area contributed by atoms with E-state index in [1.54, 1.807) is 16.3 Å². The molecule has 1 aliphatic heterocycles. The Kier molecular flexibility index (Phi) is 5.23. The Bertz CT molecular complexity index is 745. The summed E-state index contributed by atoms with van der Waals surface area (Å²) in [5.41, 5.74) is 0.360. The number of likely N-dealkylation sites (tertiary alicyclic amines) is 1. The Labute approximate surface area is 146 Å². The number of carbonyl (C=O) groups is 1. The Morgan fingerprint density at radius 1 is 1.29 bits per heavy atom. The molecule has 1 N–H and O–H groups in total. The first-order valence-electron chi connectivity index (χ1n) is 8.29. The Morgan fingerprint density at radius 2 is 2.04 bits per heavy atom. The number of hydrogen-bond acceptors (Lipinski definition) is 5. The molecule has 0 aromatic carbocycles. The summed E-state index contributed by atoms with van der Waals surface area (Å²) in [5.74, 6) is -0.234. The van der Waals surface area contributed by atoms with E-state index in [0.29, 0.717) is 29.8 Å². The topological polar surface area (TPSA) is 90.3 Å². The van der Waals surface area contributed by atoms with Crippen molar-refractivity contribution in [2.75, 3.05) is 13.1 Å². The van der Waals surface area contributed by atoms with Gasteiger partial charge in [0.2, 0.25) is 10.0 Å². The first-order valence-corrected chi connectivity index (χ1v) is 10.7. The fraction of sp³-hybridized carbons (Fsp3) is 0.625. The normalized spacial score (nSPS) is 22.5. The minimum Gasteiger partial charge on any atom is -0.337 e. The van der Waals surface area contributed by atoms with Gasteiger partial charge in [-0.2, -0.15) is 5.26 Å². The molecule has 2 heterocycles. The fourth-order valence-corrected chi connectivity index (χ4v) is 6.01. The summed E-state index contributed by atoms with van der Waals surface area (Å²) in [4.78, 5) is 14.6. The zero-order valence-electron chi connectivity index (χ0n) is 13.4. The van der Waals surface area contributed by atoms with E-state index in [4.69, 9.17) is 5.26 Å². The van der Waals surface area contributed by atoms with E-state index in [-0.39, 0.29) is 18.5 Å². The molecule has 8 heteroatoms. The molecule has 1 aromatic rings. The van der Waals surface area contributed by atoms with Crippen LogP contribution in [0.1, 0.15) is 53.8 Å². The molecular formula is C16H21N3O3S2. The van der Waals surface area contributed by atoms with Crippen molar-refractivity contribution in [2.24, 2.45) is 0 Å². The lowest BCUT2D eigenvalue weighted by Crippen LogP contribution is -2.49. The number of piperidine rings is 1. The SMILES string of the molecule is N#Cc1ccsc1C(=O)N1CCC[C@@H](S(=O)(=O)NC2CCCC2)C1. The minimum atomic E-state index is -3.42. The molecule has 1 saturated heterocycles. The number of amides is 1. The van der Waals surface area contributed by atoms with Crippen molar-refractivity contribution < 1.29 is 13.2 Å².